The van der Waals surface area contributed by atoms with Crippen LogP contribution in [0.1, 0.15) is 80.8 Å². The summed E-state index contributed by atoms with van der Waals surface area (Å²) in [6, 6.07) is 29.2. The Bertz CT molecular complexity index is 2930. The number of esters is 2. The van der Waals surface area contributed by atoms with E-state index in [0.29, 0.717) is 69.5 Å². The van der Waals surface area contributed by atoms with E-state index in [4.69, 9.17) is 28.4 Å². The summed E-state index contributed by atoms with van der Waals surface area (Å²) >= 11 is 0. The Balaban J connectivity index is 0.854. The lowest BCUT2D eigenvalue weighted by molar-refractivity contribution is 0.0507. The number of fused-ring (bicyclic) bond motifs is 2. The Labute approximate surface area is 366 Å². The molecule has 1 aliphatic rings. The van der Waals surface area contributed by atoms with Crippen LogP contribution in [0.4, 0.5) is 0 Å². The molecule has 0 aliphatic heterocycles. The fourth-order valence-electron chi connectivity index (χ4n) is 7.18. The molecule has 0 fully saturated rings. The smallest absolute Gasteiger partial charge is 0.343 e. The van der Waals surface area contributed by atoms with Crippen molar-refractivity contribution in [3.05, 3.63) is 171 Å². The Morgan fingerprint density at radius 2 is 1.25 bits per heavy atom. The zero-order chi connectivity index (χ0) is 44.7. The van der Waals surface area contributed by atoms with Crippen molar-refractivity contribution in [2.45, 2.75) is 19.5 Å². The maximum absolute atomic E-state index is 13.4. The topological polar surface area (TPSA) is 185 Å². The highest BCUT2D eigenvalue weighted by molar-refractivity contribution is 6.27. The number of benzene rings is 5. The van der Waals surface area contributed by atoms with Crippen LogP contribution in [0.2, 0.25) is 0 Å². The van der Waals surface area contributed by atoms with E-state index < -0.39 is 11.9 Å². The van der Waals surface area contributed by atoms with E-state index in [9.17, 15) is 19.2 Å². The number of aromatic nitrogens is 6. The number of carbonyl (C=O) groups excluding carboxylic acids is 4. The maximum Gasteiger partial charge on any atom is 0.343 e. The molecule has 0 unspecified atom stereocenters. The Morgan fingerprint density at radius 1 is 0.609 bits per heavy atom. The molecule has 0 amide bonds. The molecule has 0 saturated heterocycles. The highest BCUT2D eigenvalue weighted by Crippen LogP contribution is 2.39. The Kier molecular flexibility index (Phi) is 12.4. The molecule has 0 radical (unpaired) electrons. The van der Waals surface area contributed by atoms with Crippen LogP contribution in [0, 0.1) is 0 Å². The minimum absolute atomic E-state index is 0.00466. The number of rotatable bonds is 16. The molecule has 7 aromatic rings. The quantitative estimate of drug-likeness (QED) is 0.0578. The van der Waals surface area contributed by atoms with Gasteiger partial charge in [0.25, 0.3) is 0 Å². The van der Waals surface area contributed by atoms with Gasteiger partial charge in [0.1, 0.15) is 5.69 Å². The molecular formula is C48H40N6O10. The summed E-state index contributed by atoms with van der Waals surface area (Å²) in [5.74, 6) is 0.337. The number of hydrogen-bond donors (Lipinski definition) is 0. The number of carbonyl (C=O) groups is 4. The van der Waals surface area contributed by atoms with E-state index in [2.05, 4.69) is 20.6 Å². The first-order chi connectivity index (χ1) is 31.2. The summed E-state index contributed by atoms with van der Waals surface area (Å²) in [6.07, 6.45) is 5.77. The van der Waals surface area contributed by atoms with Crippen molar-refractivity contribution < 1.29 is 47.6 Å². The largest absolute Gasteiger partial charge is 0.493 e. The molecular weight excluding hydrogens is 821 g/mol. The van der Waals surface area contributed by atoms with Crippen molar-refractivity contribution in [2.75, 3.05) is 35.0 Å². The average molecular weight is 861 g/mol. The van der Waals surface area contributed by atoms with Crippen molar-refractivity contribution in [3.63, 3.8) is 0 Å². The average Bonchev–Trinajstić information content (AvgIpc) is 3.96. The van der Waals surface area contributed by atoms with Gasteiger partial charge in [0, 0.05) is 23.7 Å². The first-order valence-electron chi connectivity index (χ1n) is 19.9. The van der Waals surface area contributed by atoms with Crippen LogP contribution in [-0.4, -0.2) is 88.5 Å². The van der Waals surface area contributed by atoms with Gasteiger partial charge in [-0.1, -0.05) is 77.2 Å². The molecule has 0 saturated carbocycles. The first kappa shape index (κ1) is 42.3. The maximum atomic E-state index is 13.4. The van der Waals surface area contributed by atoms with Gasteiger partial charge in [-0.25, -0.2) is 19.0 Å². The summed E-state index contributed by atoms with van der Waals surface area (Å²) in [4.78, 5) is 52.7. The van der Waals surface area contributed by atoms with Crippen molar-refractivity contribution >= 4 is 35.7 Å². The van der Waals surface area contributed by atoms with E-state index in [1.807, 2.05) is 36.4 Å². The molecule has 0 bridgehead atoms. The number of methoxy groups -OCH3 is 4. The van der Waals surface area contributed by atoms with Crippen LogP contribution >= 0.6 is 0 Å². The highest BCUT2D eigenvalue weighted by Gasteiger charge is 2.35. The minimum Gasteiger partial charge on any atom is -0.493 e. The van der Waals surface area contributed by atoms with Crippen molar-refractivity contribution in [1.82, 2.24) is 30.0 Å². The second-order valence-electron chi connectivity index (χ2n) is 14.4. The number of nitrogens with zero attached hydrogens (tertiary/aromatic N) is 6. The molecule has 1 aliphatic carbocycles. The van der Waals surface area contributed by atoms with E-state index >= 15 is 0 Å². The Hall–Kier alpha value is -8.40. The van der Waals surface area contributed by atoms with Crippen molar-refractivity contribution in [1.29, 1.82) is 0 Å². The highest BCUT2D eigenvalue weighted by atomic mass is 16.6. The van der Waals surface area contributed by atoms with Crippen molar-refractivity contribution in [2.24, 2.45) is 0 Å². The molecule has 322 valence electrons. The normalized spacial score (nSPS) is 11.8. The fraction of sp³-hybridized carbons (Fsp3) is 0.167. The molecule has 0 atom stereocenters. The third kappa shape index (κ3) is 8.97. The molecule has 16 nitrogen and oxygen atoms in total. The Morgan fingerprint density at radius 3 is 1.94 bits per heavy atom. The van der Waals surface area contributed by atoms with Crippen LogP contribution in [0.25, 0.3) is 12.2 Å². The lowest BCUT2D eigenvalue weighted by Crippen LogP contribution is -2.23. The number of hydrogen-bond acceptors (Lipinski definition) is 14. The molecule has 2 heterocycles. The minimum atomic E-state index is -0.576. The summed E-state index contributed by atoms with van der Waals surface area (Å²) in [7, 11) is 6.15. The van der Waals surface area contributed by atoms with Gasteiger partial charge >= 0.3 is 11.9 Å². The molecule has 16 heteroatoms. The summed E-state index contributed by atoms with van der Waals surface area (Å²) < 4.78 is 36.2. The standard InChI is InChI=1S/C48H40N6O10/c1-59-38-18-17-29(15-16-30-24-40(60-2)46(62-4)41(25-30)61-3)23-39(38)64-48(58)34-12-7-9-31(21-34)26-53-28-35(49-51-53)19-20-63-47(57)33-11-8-10-32(22-33)27-54-43-42(50-52-54)44(55)36-13-5-6-14-37(36)45(43)56/h5-18,21-25,28H,19-20,26-27H2,1-4H3/b16-15-. The van der Waals surface area contributed by atoms with Crippen LogP contribution in [0.5, 0.6) is 28.7 Å². The second kappa shape index (κ2) is 18.7. The zero-order valence-corrected chi connectivity index (χ0v) is 35.1. The van der Waals surface area contributed by atoms with Crippen molar-refractivity contribution in [3.8, 4) is 28.7 Å². The molecule has 0 N–H and O–H groups in total. The van der Waals surface area contributed by atoms with E-state index in [1.54, 1.807) is 111 Å². The second-order valence-corrected chi connectivity index (χ2v) is 14.4. The monoisotopic (exact) mass is 860 g/mol. The third-order valence-electron chi connectivity index (χ3n) is 10.3. The van der Waals surface area contributed by atoms with Crippen LogP contribution in [0.3, 0.4) is 0 Å². The van der Waals surface area contributed by atoms with Gasteiger partial charge in [-0.15, -0.1) is 10.2 Å². The SMILES string of the molecule is COc1ccc(/C=C\c2cc(OC)c(OC)c(OC)c2)cc1OC(=O)c1cccc(Cn2cc(CCOC(=O)c3cccc(Cn4nnc5c4C(=O)c4ccccc4C5=O)c3)nn2)c1. The summed E-state index contributed by atoms with van der Waals surface area (Å²) in [5, 5.41) is 16.5. The predicted molar refractivity (Wildman–Crippen MR) is 231 cm³/mol. The number of ether oxygens (including phenoxy) is 6. The van der Waals surface area contributed by atoms with Gasteiger partial charge in [-0.3, -0.25) is 9.59 Å². The fourth-order valence-corrected chi connectivity index (χ4v) is 7.18. The lowest BCUT2D eigenvalue weighted by atomic mass is 9.90. The summed E-state index contributed by atoms with van der Waals surface area (Å²) in [6.45, 7) is 0.465. The van der Waals surface area contributed by atoms with Crippen LogP contribution < -0.4 is 23.7 Å². The molecule has 64 heavy (non-hydrogen) atoms. The molecule has 2 aromatic heterocycles. The molecule has 0 spiro atoms. The summed E-state index contributed by atoms with van der Waals surface area (Å²) in [5.41, 5.74) is 4.92. The van der Waals surface area contributed by atoms with Crippen LogP contribution in [-0.2, 0) is 24.2 Å². The molecule has 8 rings (SSSR count). The van der Waals surface area contributed by atoms with E-state index in [-0.39, 0.29) is 41.9 Å². The van der Waals surface area contributed by atoms with Gasteiger partial charge < -0.3 is 28.4 Å². The van der Waals surface area contributed by atoms with Crippen LogP contribution in [0.15, 0.2) is 109 Å². The van der Waals surface area contributed by atoms with E-state index in [1.165, 1.54) is 11.8 Å². The molecule has 5 aromatic carbocycles. The van der Waals surface area contributed by atoms with Gasteiger partial charge in [-0.05, 0) is 70.8 Å². The van der Waals surface area contributed by atoms with E-state index in [0.717, 1.165) is 16.7 Å². The predicted octanol–water partition coefficient (Wildman–Crippen LogP) is 6.57. The first-order valence-corrected chi connectivity index (χ1v) is 19.9. The van der Waals surface area contributed by atoms with Gasteiger partial charge in [0.2, 0.25) is 17.3 Å². The van der Waals surface area contributed by atoms with Gasteiger partial charge in [-0.2, -0.15) is 0 Å². The number of ketones is 2. The van der Waals surface area contributed by atoms with Gasteiger partial charge in [0.15, 0.2) is 28.7 Å². The van der Waals surface area contributed by atoms with Gasteiger partial charge in [0.05, 0.1) is 65.0 Å². The third-order valence-corrected chi connectivity index (χ3v) is 10.3. The lowest BCUT2D eigenvalue weighted by Gasteiger charge is -2.14. The zero-order valence-electron chi connectivity index (χ0n) is 35.1.